The lowest BCUT2D eigenvalue weighted by Crippen LogP contribution is -2.49. The minimum absolute atomic E-state index is 0.0740. The minimum atomic E-state index is -5.76. The molecule has 4 rings (SSSR count). The fourth-order valence-electron chi connectivity index (χ4n) is 3.28. The third-order valence-electron chi connectivity index (χ3n) is 5.41. The molecule has 0 radical (unpaired) electrons. The molecular formula is C19H18F6N8O2. The van der Waals surface area contributed by atoms with Gasteiger partial charge in [0.1, 0.15) is 17.2 Å². The first-order valence-electron chi connectivity index (χ1n) is 10.0. The number of aryl methyl sites for hydroxylation is 1. The van der Waals surface area contributed by atoms with Crippen LogP contribution in [0.25, 0.3) is 22.6 Å². The summed E-state index contributed by atoms with van der Waals surface area (Å²) in [5.41, 5.74) is 10.6. The quantitative estimate of drug-likeness (QED) is 0.435. The van der Waals surface area contributed by atoms with E-state index in [0.717, 1.165) is 16.9 Å². The molecule has 188 valence electrons. The van der Waals surface area contributed by atoms with Crippen LogP contribution in [-0.4, -0.2) is 56.0 Å². The third kappa shape index (κ3) is 4.40. The summed E-state index contributed by atoms with van der Waals surface area (Å²) in [6.07, 6.45) is -6.64. The monoisotopic (exact) mass is 504 g/mol. The zero-order valence-electron chi connectivity index (χ0n) is 18.0. The molecule has 0 spiro atoms. The van der Waals surface area contributed by atoms with Gasteiger partial charge in [0.15, 0.2) is 23.1 Å². The van der Waals surface area contributed by atoms with Crippen molar-refractivity contribution in [2.75, 3.05) is 30.0 Å². The number of carbonyl (C=O) groups is 1. The average molecular weight is 504 g/mol. The number of aromatic nitrogens is 5. The minimum Gasteiger partial charge on any atom is -0.382 e. The standard InChI is InChI=1S/C19H18F6N8O2/c1-17(6-35-7-17)16(34)29-11-12(26)30-14(31-13(11)27)10-9-4-8(20)5-28-15(9)33(32-10)3-2-18(21,22)19(23,24)25/h4-5H,2-3,6-7H2,1H3,(H,29,34)(H4,26,27,30,31). The van der Waals surface area contributed by atoms with Crippen molar-refractivity contribution in [1.29, 1.82) is 0 Å². The number of nitrogens with two attached hydrogens (primary N) is 2. The number of alkyl halides is 5. The third-order valence-corrected chi connectivity index (χ3v) is 5.41. The van der Waals surface area contributed by atoms with Crippen molar-refractivity contribution < 1.29 is 35.9 Å². The summed E-state index contributed by atoms with van der Waals surface area (Å²) in [5, 5.41) is 6.41. The molecule has 0 unspecified atom stereocenters. The molecule has 10 nitrogen and oxygen atoms in total. The van der Waals surface area contributed by atoms with Gasteiger partial charge >= 0.3 is 12.1 Å². The van der Waals surface area contributed by atoms with Crippen LogP contribution in [0.4, 0.5) is 43.7 Å². The molecule has 4 heterocycles. The van der Waals surface area contributed by atoms with Crippen LogP contribution in [0, 0.1) is 11.2 Å². The number of nitrogen functional groups attached to an aromatic ring is 2. The number of hydrogen-bond acceptors (Lipinski definition) is 8. The van der Waals surface area contributed by atoms with E-state index in [1.54, 1.807) is 6.92 Å². The molecule has 1 aliphatic rings. The van der Waals surface area contributed by atoms with Gasteiger partial charge < -0.3 is 21.5 Å². The number of hydrogen-bond donors (Lipinski definition) is 3. The summed E-state index contributed by atoms with van der Waals surface area (Å²) >= 11 is 0. The Hall–Kier alpha value is -3.69. The van der Waals surface area contributed by atoms with E-state index in [1.165, 1.54) is 0 Å². The van der Waals surface area contributed by atoms with Crippen molar-refractivity contribution >= 4 is 34.3 Å². The van der Waals surface area contributed by atoms with Gasteiger partial charge in [-0.1, -0.05) is 0 Å². The van der Waals surface area contributed by atoms with Crippen LogP contribution < -0.4 is 16.8 Å². The number of nitrogens with one attached hydrogen (secondary N) is 1. The van der Waals surface area contributed by atoms with Crippen LogP contribution in [0.5, 0.6) is 0 Å². The molecule has 0 atom stereocenters. The highest BCUT2D eigenvalue weighted by molar-refractivity contribution is 6.00. The average Bonchev–Trinajstić information content (AvgIpc) is 3.09. The number of rotatable bonds is 6. The van der Waals surface area contributed by atoms with E-state index in [-0.39, 0.29) is 53.1 Å². The van der Waals surface area contributed by atoms with Crippen molar-refractivity contribution in [3.05, 3.63) is 18.1 Å². The second-order valence-electron chi connectivity index (χ2n) is 8.25. The smallest absolute Gasteiger partial charge is 0.382 e. The summed E-state index contributed by atoms with van der Waals surface area (Å²) in [6.45, 7) is 1.14. The number of amides is 1. The van der Waals surface area contributed by atoms with Gasteiger partial charge in [-0.3, -0.25) is 4.79 Å². The van der Waals surface area contributed by atoms with Gasteiger partial charge in [0.2, 0.25) is 5.91 Å². The van der Waals surface area contributed by atoms with Gasteiger partial charge in [-0.15, -0.1) is 0 Å². The van der Waals surface area contributed by atoms with Crippen LogP contribution in [0.2, 0.25) is 0 Å². The van der Waals surface area contributed by atoms with E-state index in [4.69, 9.17) is 16.2 Å². The topological polar surface area (TPSA) is 147 Å². The van der Waals surface area contributed by atoms with Crippen molar-refractivity contribution in [2.24, 2.45) is 5.41 Å². The van der Waals surface area contributed by atoms with Gasteiger partial charge in [-0.05, 0) is 13.0 Å². The number of ether oxygens (including phenoxy) is 1. The maximum absolute atomic E-state index is 13.9. The fraction of sp³-hybridized carbons (Fsp3) is 0.421. The molecule has 1 fully saturated rings. The second-order valence-corrected chi connectivity index (χ2v) is 8.25. The number of pyridine rings is 1. The van der Waals surface area contributed by atoms with Gasteiger partial charge in [0.05, 0.1) is 30.2 Å². The van der Waals surface area contributed by atoms with E-state index in [1.807, 2.05) is 0 Å². The van der Waals surface area contributed by atoms with E-state index < -0.39 is 42.2 Å². The van der Waals surface area contributed by atoms with E-state index in [0.29, 0.717) is 0 Å². The van der Waals surface area contributed by atoms with Crippen molar-refractivity contribution in [2.45, 2.75) is 32.0 Å². The number of carbonyl (C=O) groups excluding carboxylic acids is 1. The Kier molecular flexibility index (Phi) is 5.73. The molecule has 1 saturated heterocycles. The normalized spacial score (nSPS) is 15.7. The lowest BCUT2D eigenvalue weighted by Gasteiger charge is -2.36. The molecule has 0 aromatic carbocycles. The largest absolute Gasteiger partial charge is 0.453 e. The fourth-order valence-corrected chi connectivity index (χ4v) is 3.28. The molecule has 0 aliphatic carbocycles. The molecule has 3 aromatic rings. The van der Waals surface area contributed by atoms with Gasteiger partial charge in [-0.25, -0.2) is 24.0 Å². The predicted octanol–water partition coefficient (Wildman–Crippen LogP) is 2.75. The number of nitrogens with zero attached hydrogens (tertiary/aromatic N) is 5. The Labute approximate surface area is 192 Å². The first-order chi connectivity index (χ1) is 16.2. The molecule has 1 aliphatic heterocycles. The van der Waals surface area contributed by atoms with Crippen LogP contribution in [0.3, 0.4) is 0 Å². The Morgan fingerprint density at radius 1 is 1.20 bits per heavy atom. The highest BCUT2D eigenvalue weighted by Gasteiger charge is 2.56. The van der Waals surface area contributed by atoms with Crippen LogP contribution in [0.15, 0.2) is 12.3 Å². The SMILES string of the molecule is CC1(C(=O)Nc2c(N)nc(-c3nn(CCC(F)(F)C(F)(F)F)c4ncc(F)cc34)nc2N)COC1. The van der Waals surface area contributed by atoms with Gasteiger partial charge in [0.25, 0.3) is 0 Å². The molecule has 5 N–H and O–H groups in total. The number of fused-ring (bicyclic) bond motifs is 1. The van der Waals surface area contributed by atoms with E-state index >= 15 is 0 Å². The molecule has 0 bridgehead atoms. The summed E-state index contributed by atoms with van der Waals surface area (Å²) < 4.78 is 84.2. The molecule has 16 heteroatoms. The lowest BCUT2D eigenvalue weighted by molar-refractivity contribution is -0.285. The Morgan fingerprint density at radius 3 is 2.37 bits per heavy atom. The second kappa shape index (κ2) is 8.21. The summed E-state index contributed by atoms with van der Waals surface area (Å²) in [7, 11) is 0. The van der Waals surface area contributed by atoms with Crippen LogP contribution >= 0.6 is 0 Å². The van der Waals surface area contributed by atoms with E-state index in [2.05, 4.69) is 25.4 Å². The van der Waals surface area contributed by atoms with E-state index in [9.17, 15) is 31.1 Å². The maximum Gasteiger partial charge on any atom is 0.453 e. The number of anilines is 3. The molecule has 1 amide bonds. The predicted molar refractivity (Wildman–Crippen MR) is 111 cm³/mol. The lowest BCUT2D eigenvalue weighted by atomic mass is 9.87. The molecule has 0 saturated carbocycles. The number of halogens is 6. The first-order valence-corrected chi connectivity index (χ1v) is 10.0. The molecular weight excluding hydrogens is 486 g/mol. The molecule has 3 aromatic heterocycles. The van der Waals surface area contributed by atoms with Crippen LogP contribution in [-0.2, 0) is 16.1 Å². The summed E-state index contributed by atoms with van der Waals surface area (Å²) in [5.74, 6) is -7.10. The summed E-state index contributed by atoms with van der Waals surface area (Å²) in [4.78, 5) is 24.2. The maximum atomic E-state index is 13.9. The Bertz CT molecular complexity index is 1280. The Balaban J connectivity index is 1.70. The van der Waals surface area contributed by atoms with Crippen molar-refractivity contribution in [3.8, 4) is 11.5 Å². The van der Waals surface area contributed by atoms with Crippen LogP contribution in [0.1, 0.15) is 13.3 Å². The van der Waals surface area contributed by atoms with Gasteiger partial charge in [0, 0.05) is 13.0 Å². The Morgan fingerprint density at radius 2 is 1.83 bits per heavy atom. The highest BCUT2D eigenvalue weighted by atomic mass is 19.4. The van der Waals surface area contributed by atoms with Crippen molar-refractivity contribution in [1.82, 2.24) is 24.7 Å². The molecule has 35 heavy (non-hydrogen) atoms. The zero-order chi connectivity index (χ0) is 25.8. The highest BCUT2D eigenvalue weighted by Crippen LogP contribution is 2.39. The van der Waals surface area contributed by atoms with Gasteiger partial charge in [-0.2, -0.15) is 27.1 Å². The first kappa shape index (κ1) is 24.4. The summed E-state index contributed by atoms with van der Waals surface area (Å²) in [6, 6.07) is 0.936. The van der Waals surface area contributed by atoms with Crippen molar-refractivity contribution in [3.63, 3.8) is 0 Å². The zero-order valence-corrected chi connectivity index (χ0v) is 18.0.